The summed E-state index contributed by atoms with van der Waals surface area (Å²) in [6, 6.07) is 18.3. The Balaban J connectivity index is 1.23. The highest BCUT2D eigenvalue weighted by atomic mass is 32.1. The van der Waals surface area contributed by atoms with Gasteiger partial charge in [-0.05, 0) is 139 Å². The standard InChI is InChI=1S/C46H42S5/c1-5-7-9-11-13-15-17-19-21-23-25-37-33-35(3)47-45(37)43-31-29-41(50-43)39-27-28-40(49-39)42-30-32-44(51-42)46-38(34-36(4)48-46)26-24-22-20-18-16-14-12-10-8-6-2/h25,27-34H,1,6,8,10,12,14,16,18,20,22,24,26H2,2-4H3. The van der Waals surface area contributed by atoms with Crippen LogP contribution in [0.1, 0.15) is 92.0 Å². The second kappa shape index (κ2) is 20.8. The van der Waals surface area contributed by atoms with Crippen LogP contribution in [0.25, 0.3) is 45.1 Å². The summed E-state index contributed by atoms with van der Waals surface area (Å²) < 4.78 is 0. The topological polar surface area (TPSA) is 0 Å². The van der Waals surface area contributed by atoms with Crippen molar-refractivity contribution in [3.05, 3.63) is 133 Å². The molecule has 0 atom stereocenters. The van der Waals surface area contributed by atoms with Gasteiger partial charge in [0, 0.05) is 49.5 Å². The molecule has 5 aromatic heterocycles. The minimum absolute atomic E-state index is 1.12. The molecule has 0 saturated heterocycles. The first-order valence-electron chi connectivity index (χ1n) is 17.7. The van der Waals surface area contributed by atoms with Crippen molar-refractivity contribution in [3.63, 3.8) is 0 Å². The molecule has 0 spiro atoms. The monoisotopic (exact) mass is 754 g/mol. The van der Waals surface area contributed by atoms with Gasteiger partial charge in [-0.1, -0.05) is 76.2 Å². The second-order valence-electron chi connectivity index (χ2n) is 12.2. The first-order chi connectivity index (χ1) is 25.1. The van der Waals surface area contributed by atoms with Gasteiger partial charge in [-0.15, -0.1) is 56.7 Å². The van der Waals surface area contributed by atoms with Crippen molar-refractivity contribution >= 4 is 62.8 Å². The number of unbranched alkanes of at least 4 members (excludes halogenated alkanes) is 9. The number of aryl methyl sites for hydroxylation is 3. The molecule has 5 rings (SSSR count). The van der Waals surface area contributed by atoms with Gasteiger partial charge in [-0.3, -0.25) is 0 Å². The molecule has 0 aliphatic heterocycles. The van der Waals surface area contributed by atoms with Crippen LogP contribution in [0.5, 0.6) is 0 Å². The first-order valence-corrected chi connectivity index (χ1v) is 21.8. The van der Waals surface area contributed by atoms with E-state index in [9.17, 15) is 0 Å². The van der Waals surface area contributed by atoms with Crippen LogP contribution >= 0.6 is 56.7 Å². The van der Waals surface area contributed by atoms with Crippen molar-refractivity contribution in [3.8, 4) is 39.0 Å². The summed E-state index contributed by atoms with van der Waals surface area (Å²) in [4.78, 5) is 13.3. The van der Waals surface area contributed by atoms with Crippen molar-refractivity contribution in [1.82, 2.24) is 0 Å². The molecule has 0 fully saturated rings. The van der Waals surface area contributed by atoms with E-state index in [1.54, 1.807) is 11.3 Å². The molecular formula is C46H42S5. The van der Waals surface area contributed by atoms with E-state index in [2.05, 4.69) is 133 Å². The van der Waals surface area contributed by atoms with Crippen molar-refractivity contribution in [2.75, 3.05) is 0 Å². The molecule has 0 aliphatic carbocycles. The zero-order valence-corrected chi connectivity index (χ0v) is 33.8. The highest BCUT2D eigenvalue weighted by Crippen LogP contribution is 2.46. The lowest BCUT2D eigenvalue weighted by atomic mass is 10.0. The Labute approximate surface area is 324 Å². The molecule has 0 nitrogen and oxygen atoms in total. The van der Waals surface area contributed by atoms with Gasteiger partial charge in [-0.2, -0.15) is 0 Å². The highest BCUT2D eigenvalue weighted by molar-refractivity contribution is 7.29. The average molecular weight is 755 g/mol. The average Bonchev–Trinajstić information content (AvgIpc) is 3.97. The second-order valence-corrected chi connectivity index (χ2v) is 18.0. The zero-order chi connectivity index (χ0) is 35.7. The molecule has 0 amide bonds. The minimum atomic E-state index is 1.12. The molecular weight excluding hydrogens is 713 g/mol. The molecule has 5 heterocycles. The van der Waals surface area contributed by atoms with E-state index in [1.165, 1.54) is 125 Å². The lowest BCUT2D eigenvalue weighted by molar-refractivity contribution is 0.556. The molecule has 0 aliphatic rings. The fourth-order valence-corrected chi connectivity index (χ4v) is 11.3. The van der Waals surface area contributed by atoms with Gasteiger partial charge in [0.1, 0.15) is 0 Å². The molecule has 0 radical (unpaired) electrons. The van der Waals surface area contributed by atoms with E-state index in [1.807, 2.05) is 51.4 Å². The van der Waals surface area contributed by atoms with Crippen molar-refractivity contribution in [1.29, 1.82) is 0 Å². The summed E-state index contributed by atoms with van der Waals surface area (Å²) in [6.07, 6.45) is 16.9. The third-order valence-corrected chi connectivity index (χ3v) is 14.4. The van der Waals surface area contributed by atoms with E-state index < -0.39 is 0 Å². The Kier molecular flexibility index (Phi) is 15.6. The van der Waals surface area contributed by atoms with Crippen LogP contribution in [0.15, 0.2) is 112 Å². The van der Waals surface area contributed by atoms with E-state index in [-0.39, 0.29) is 0 Å². The number of rotatable bonds is 16. The summed E-state index contributed by atoms with van der Waals surface area (Å²) in [5, 5.41) is 0. The molecule has 0 aromatic carbocycles. The number of hydrogen-bond acceptors (Lipinski definition) is 5. The Morgan fingerprint density at radius 1 is 0.510 bits per heavy atom. The summed E-state index contributed by atoms with van der Waals surface area (Å²) in [7, 11) is 0. The minimum Gasteiger partial charge on any atom is -0.139 e. The van der Waals surface area contributed by atoms with Crippen LogP contribution < -0.4 is 0 Å². The summed E-state index contributed by atoms with van der Waals surface area (Å²) in [6.45, 7) is 10.1. The number of thiophene rings is 5. The van der Waals surface area contributed by atoms with Crippen molar-refractivity contribution in [2.24, 2.45) is 0 Å². The summed E-state index contributed by atoms with van der Waals surface area (Å²) in [5.41, 5.74) is 29.5. The van der Waals surface area contributed by atoms with E-state index in [4.69, 9.17) is 0 Å². The maximum Gasteiger partial charge on any atom is 0.0524 e. The van der Waals surface area contributed by atoms with Crippen LogP contribution in [0, 0.1) is 13.8 Å². The molecule has 0 N–H and O–H groups in total. The predicted octanol–water partition coefficient (Wildman–Crippen LogP) is 15.9. The Bertz CT molecular complexity index is 2310. The lowest BCUT2D eigenvalue weighted by Gasteiger charge is -2.04. The van der Waals surface area contributed by atoms with Gasteiger partial charge in [0.2, 0.25) is 0 Å². The smallest absolute Gasteiger partial charge is 0.0524 e. The third kappa shape index (κ3) is 11.8. The molecule has 0 saturated carbocycles. The third-order valence-electron chi connectivity index (χ3n) is 8.19. The van der Waals surface area contributed by atoms with Gasteiger partial charge < -0.3 is 0 Å². The summed E-state index contributed by atoms with van der Waals surface area (Å²) in [5.74, 6) is 0. The molecule has 5 heteroatoms. The summed E-state index contributed by atoms with van der Waals surface area (Å²) >= 11 is 9.43. The molecule has 5 aromatic rings. The van der Waals surface area contributed by atoms with Gasteiger partial charge >= 0.3 is 0 Å². The molecule has 51 heavy (non-hydrogen) atoms. The molecule has 0 unspecified atom stereocenters. The molecule has 256 valence electrons. The van der Waals surface area contributed by atoms with E-state index in [0.29, 0.717) is 0 Å². The van der Waals surface area contributed by atoms with E-state index >= 15 is 0 Å². The lowest BCUT2D eigenvalue weighted by Crippen LogP contribution is -1.86. The largest absolute Gasteiger partial charge is 0.139 e. The Morgan fingerprint density at radius 2 is 0.961 bits per heavy atom. The van der Waals surface area contributed by atoms with Crippen LogP contribution in [0.3, 0.4) is 0 Å². The van der Waals surface area contributed by atoms with Crippen molar-refractivity contribution in [2.45, 2.75) is 91.4 Å². The van der Waals surface area contributed by atoms with Crippen molar-refractivity contribution < 1.29 is 0 Å². The zero-order valence-electron chi connectivity index (χ0n) is 29.7. The Hall–Kier alpha value is -3.96. The van der Waals surface area contributed by atoms with Gasteiger partial charge in [-0.25, -0.2) is 0 Å². The van der Waals surface area contributed by atoms with Crippen LogP contribution in [0.2, 0.25) is 0 Å². The Morgan fingerprint density at radius 3 is 1.55 bits per heavy atom. The SMILES string of the molecule is C=C=C=C=C=C=C=C=C=C=C=Cc1cc(C)sc1-c1ccc(-c2ccc(-c3ccc(-c4sc(C)cc4CCCCCCCCCCCC)s3)s2)s1. The maximum absolute atomic E-state index is 3.40. The first kappa shape index (κ1) is 38.3. The van der Waals surface area contributed by atoms with Crippen LogP contribution in [-0.4, -0.2) is 0 Å². The van der Waals surface area contributed by atoms with Gasteiger partial charge in [0.05, 0.1) is 4.88 Å². The van der Waals surface area contributed by atoms with E-state index in [0.717, 1.165) is 5.56 Å². The fraction of sp³-hybridized carbons (Fsp3) is 0.304. The predicted molar refractivity (Wildman–Crippen MR) is 228 cm³/mol. The number of hydrogen-bond donors (Lipinski definition) is 0. The van der Waals surface area contributed by atoms with Crippen LogP contribution in [0.4, 0.5) is 0 Å². The van der Waals surface area contributed by atoms with Crippen LogP contribution in [-0.2, 0) is 6.42 Å². The highest BCUT2D eigenvalue weighted by Gasteiger charge is 2.16. The van der Waals surface area contributed by atoms with Gasteiger partial charge in [0.25, 0.3) is 0 Å². The normalized spacial score (nSPS) is 10.0. The molecule has 0 bridgehead atoms. The quantitative estimate of drug-likeness (QED) is 0.0695. The maximum atomic E-state index is 3.40. The fourth-order valence-electron chi connectivity index (χ4n) is 5.77. The van der Waals surface area contributed by atoms with Gasteiger partial charge in [0.15, 0.2) is 0 Å².